The SMILES string of the molecule is O=C1NCCc2[nH]c(-c3nc(Nc4ccc(N5CCC(C(=O)CO)CC5)cn4)ncc3F)cc21. The number of carbonyl (C=O) groups is 2. The quantitative estimate of drug-likeness (QED) is 0.433. The Morgan fingerprint density at radius 3 is 2.76 bits per heavy atom. The molecule has 11 heteroatoms. The minimum absolute atomic E-state index is 0.0663. The fraction of sp³-hybridized carbons (Fsp3) is 0.348. The van der Waals surface area contributed by atoms with E-state index in [1.807, 2.05) is 6.07 Å². The van der Waals surface area contributed by atoms with Gasteiger partial charge in [-0.05, 0) is 31.0 Å². The van der Waals surface area contributed by atoms with Crippen LogP contribution in [0.25, 0.3) is 11.4 Å². The normalized spacial score (nSPS) is 16.2. The standard InChI is InChI=1S/C23H24FN7O3/c24-16-11-27-23(30-21(16)18-9-15-17(28-18)3-6-25-22(15)34)29-20-2-1-14(10-26-20)31-7-4-13(5-8-31)19(33)12-32/h1-2,9-11,13,28,32H,3-8,12H2,(H,25,34)(H,26,27,29,30). The lowest BCUT2D eigenvalue weighted by Gasteiger charge is -2.32. The van der Waals surface area contributed by atoms with Gasteiger partial charge in [-0.1, -0.05) is 0 Å². The number of H-pyrrole nitrogens is 1. The maximum absolute atomic E-state index is 14.5. The Kier molecular flexibility index (Phi) is 5.93. The number of aromatic amines is 1. The molecule has 0 bridgehead atoms. The number of halogens is 1. The van der Waals surface area contributed by atoms with Gasteiger partial charge in [0.2, 0.25) is 5.95 Å². The minimum Gasteiger partial charge on any atom is -0.389 e. The zero-order valence-electron chi connectivity index (χ0n) is 18.3. The minimum atomic E-state index is -0.601. The summed E-state index contributed by atoms with van der Waals surface area (Å²) >= 11 is 0. The number of pyridine rings is 1. The number of nitrogens with one attached hydrogen (secondary N) is 3. The molecule has 0 atom stereocenters. The first kappa shape index (κ1) is 22.0. The summed E-state index contributed by atoms with van der Waals surface area (Å²) in [5, 5.41) is 14.8. The Hall–Kier alpha value is -3.86. The van der Waals surface area contributed by atoms with Gasteiger partial charge in [0.15, 0.2) is 11.6 Å². The summed E-state index contributed by atoms with van der Waals surface area (Å²) in [5.41, 5.74) is 2.66. The molecule has 3 aromatic heterocycles. The van der Waals surface area contributed by atoms with Crippen LogP contribution >= 0.6 is 0 Å². The molecule has 3 aromatic rings. The molecule has 0 saturated carbocycles. The summed E-state index contributed by atoms with van der Waals surface area (Å²) in [5.74, 6) is -0.298. The number of nitrogens with zero attached hydrogens (tertiary/aromatic N) is 4. The highest BCUT2D eigenvalue weighted by atomic mass is 19.1. The van der Waals surface area contributed by atoms with Crippen LogP contribution in [0.15, 0.2) is 30.6 Å². The van der Waals surface area contributed by atoms with Crippen molar-refractivity contribution in [1.82, 2.24) is 25.3 Å². The maximum atomic E-state index is 14.5. The summed E-state index contributed by atoms with van der Waals surface area (Å²) in [6, 6.07) is 5.29. The van der Waals surface area contributed by atoms with Crippen molar-refractivity contribution in [2.75, 3.05) is 36.5 Å². The van der Waals surface area contributed by atoms with E-state index in [2.05, 4.69) is 35.5 Å². The van der Waals surface area contributed by atoms with Gasteiger partial charge >= 0.3 is 0 Å². The first-order valence-electron chi connectivity index (χ1n) is 11.2. The average molecular weight is 465 g/mol. The Bertz CT molecular complexity index is 1220. The maximum Gasteiger partial charge on any atom is 0.253 e. The molecule has 1 saturated heterocycles. The van der Waals surface area contributed by atoms with Gasteiger partial charge in [0.05, 0.1) is 29.3 Å². The van der Waals surface area contributed by atoms with Crippen molar-refractivity contribution in [3.63, 3.8) is 0 Å². The first-order valence-corrected chi connectivity index (χ1v) is 11.2. The number of Topliss-reactive ketones (excluding diaryl/α,β-unsaturated/α-hetero) is 1. The third-order valence-electron chi connectivity index (χ3n) is 6.26. The van der Waals surface area contributed by atoms with Crippen molar-refractivity contribution < 1.29 is 19.1 Å². The molecule has 0 spiro atoms. The summed E-state index contributed by atoms with van der Waals surface area (Å²) in [6.07, 6.45) is 4.85. The third-order valence-corrected chi connectivity index (χ3v) is 6.26. The number of hydrogen-bond acceptors (Lipinski definition) is 8. The van der Waals surface area contributed by atoms with Gasteiger partial charge < -0.3 is 25.6 Å². The van der Waals surface area contributed by atoms with E-state index < -0.39 is 12.4 Å². The van der Waals surface area contributed by atoms with E-state index in [0.717, 1.165) is 17.6 Å². The molecule has 5 rings (SSSR count). The molecule has 4 N–H and O–H groups in total. The molecule has 0 radical (unpaired) electrons. The van der Waals surface area contributed by atoms with Crippen LogP contribution in [0.2, 0.25) is 0 Å². The number of ketones is 1. The van der Waals surface area contributed by atoms with Crippen molar-refractivity contribution in [3.05, 3.63) is 47.7 Å². The van der Waals surface area contributed by atoms with Crippen LogP contribution in [-0.4, -0.2) is 63.0 Å². The molecule has 2 aliphatic rings. The van der Waals surface area contributed by atoms with Crippen molar-refractivity contribution in [2.45, 2.75) is 19.3 Å². The number of carbonyl (C=O) groups excluding carboxylic acids is 2. The predicted octanol–water partition coefficient (Wildman–Crippen LogP) is 1.81. The molecule has 0 aromatic carbocycles. The molecule has 1 fully saturated rings. The number of aromatic nitrogens is 4. The number of anilines is 3. The summed E-state index contributed by atoms with van der Waals surface area (Å²) < 4.78 is 14.5. The van der Waals surface area contributed by atoms with E-state index in [1.54, 1.807) is 18.3 Å². The third kappa shape index (κ3) is 4.34. The number of hydrogen-bond donors (Lipinski definition) is 4. The van der Waals surface area contributed by atoms with E-state index in [-0.39, 0.29) is 29.3 Å². The van der Waals surface area contributed by atoms with Crippen LogP contribution in [0.1, 0.15) is 28.9 Å². The Labute approximate surface area is 194 Å². The van der Waals surface area contributed by atoms with Gasteiger partial charge in [-0.3, -0.25) is 9.59 Å². The highest BCUT2D eigenvalue weighted by molar-refractivity contribution is 5.97. The number of aliphatic hydroxyl groups is 1. The van der Waals surface area contributed by atoms with Crippen molar-refractivity contribution in [1.29, 1.82) is 0 Å². The Morgan fingerprint density at radius 2 is 2.06 bits per heavy atom. The lowest BCUT2D eigenvalue weighted by molar-refractivity contribution is -0.126. The van der Waals surface area contributed by atoms with Gasteiger partial charge in [0.25, 0.3) is 5.91 Å². The zero-order chi connectivity index (χ0) is 23.7. The van der Waals surface area contributed by atoms with E-state index in [0.29, 0.717) is 56.0 Å². The monoisotopic (exact) mass is 465 g/mol. The smallest absolute Gasteiger partial charge is 0.253 e. The second-order valence-corrected chi connectivity index (χ2v) is 8.38. The lowest BCUT2D eigenvalue weighted by Crippen LogP contribution is -2.37. The van der Waals surface area contributed by atoms with Crippen molar-refractivity contribution >= 4 is 29.1 Å². The molecule has 10 nitrogen and oxygen atoms in total. The number of aliphatic hydroxyl groups excluding tert-OH is 1. The topological polar surface area (TPSA) is 136 Å². The Balaban J connectivity index is 1.28. The summed E-state index contributed by atoms with van der Waals surface area (Å²) in [7, 11) is 0. The number of amides is 1. The highest BCUT2D eigenvalue weighted by Crippen LogP contribution is 2.27. The lowest BCUT2D eigenvalue weighted by atomic mass is 9.92. The number of rotatable bonds is 6. The van der Waals surface area contributed by atoms with E-state index >= 15 is 0 Å². The largest absolute Gasteiger partial charge is 0.389 e. The van der Waals surface area contributed by atoms with Crippen LogP contribution in [0.3, 0.4) is 0 Å². The molecule has 176 valence electrons. The van der Waals surface area contributed by atoms with Crippen LogP contribution in [-0.2, 0) is 11.2 Å². The molecular weight excluding hydrogens is 441 g/mol. The molecule has 0 unspecified atom stereocenters. The second-order valence-electron chi connectivity index (χ2n) is 8.38. The zero-order valence-corrected chi connectivity index (χ0v) is 18.3. The average Bonchev–Trinajstić information content (AvgIpc) is 3.31. The van der Waals surface area contributed by atoms with Gasteiger partial charge in [-0.2, -0.15) is 0 Å². The number of piperidine rings is 1. The van der Waals surface area contributed by atoms with Crippen LogP contribution < -0.4 is 15.5 Å². The van der Waals surface area contributed by atoms with Gasteiger partial charge in [-0.15, -0.1) is 0 Å². The molecule has 2 aliphatic heterocycles. The number of fused-ring (bicyclic) bond motifs is 1. The van der Waals surface area contributed by atoms with Crippen LogP contribution in [0.5, 0.6) is 0 Å². The highest BCUT2D eigenvalue weighted by Gasteiger charge is 2.25. The fourth-order valence-electron chi connectivity index (χ4n) is 4.39. The molecule has 0 aliphatic carbocycles. The van der Waals surface area contributed by atoms with Crippen LogP contribution in [0.4, 0.5) is 21.8 Å². The van der Waals surface area contributed by atoms with Crippen molar-refractivity contribution in [2.24, 2.45) is 5.92 Å². The van der Waals surface area contributed by atoms with Gasteiger partial charge in [-0.25, -0.2) is 19.3 Å². The van der Waals surface area contributed by atoms with E-state index in [4.69, 9.17) is 5.11 Å². The molecule has 5 heterocycles. The summed E-state index contributed by atoms with van der Waals surface area (Å²) in [6.45, 7) is 1.56. The van der Waals surface area contributed by atoms with Gasteiger partial charge in [0, 0.05) is 37.7 Å². The fourth-order valence-corrected chi connectivity index (χ4v) is 4.39. The van der Waals surface area contributed by atoms with E-state index in [9.17, 15) is 14.0 Å². The second kappa shape index (κ2) is 9.18. The first-order chi connectivity index (χ1) is 16.5. The van der Waals surface area contributed by atoms with Gasteiger partial charge in [0.1, 0.15) is 18.1 Å². The molecule has 1 amide bonds. The van der Waals surface area contributed by atoms with Crippen molar-refractivity contribution in [3.8, 4) is 11.4 Å². The molecule has 34 heavy (non-hydrogen) atoms. The van der Waals surface area contributed by atoms with Crippen LogP contribution in [0, 0.1) is 11.7 Å². The summed E-state index contributed by atoms with van der Waals surface area (Å²) in [4.78, 5) is 41.7. The Morgan fingerprint density at radius 1 is 1.24 bits per heavy atom. The molecular formula is C23H24FN7O3. The predicted molar refractivity (Wildman–Crippen MR) is 122 cm³/mol. The van der Waals surface area contributed by atoms with E-state index in [1.165, 1.54) is 0 Å².